The van der Waals surface area contributed by atoms with E-state index in [0.717, 1.165) is 18.1 Å². The predicted octanol–water partition coefficient (Wildman–Crippen LogP) is 3.44. The van der Waals surface area contributed by atoms with Crippen molar-refractivity contribution in [1.29, 1.82) is 0 Å². The van der Waals surface area contributed by atoms with Crippen LogP contribution in [0, 0.1) is 0 Å². The molecule has 0 aromatic heterocycles. The van der Waals surface area contributed by atoms with Crippen molar-refractivity contribution in [3.63, 3.8) is 0 Å². The molecule has 2 aromatic carbocycles. The van der Waals surface area contributed by atoms with Gasteiger partial charge in [-0.2, -0.15) is 8.78 Å². The van der Waals surface area contributed by atoms with Gasteiger partial charge in [0.1, 0.15) is 0 Å². The van der Waals surface area contributed by atoms with Gasteiger partial charge in [0.15, 0.2) is 18.1 Å². The van der Waals surface area contributed by atoms with Gasteiger partial charge in [-0.1, -0.05) is 30.3 Å². The number of nitrogens with zero attached hydrogens (tertiary/aromatic N) is 1. The normalized spacial score (nSPS) is 13.3. The van der Waals surface area contributed by atoms with E-state index in [4.69, 9.17) is 9.47 Å². The lowest BCUT2D eigenvalue weighted by molar-refractivity contribution is -0.148. The first kappa shape index (κ1) is 21.3. The molecule has 0 radical (unpaired) electrons. The molecule has 0 aliphatic carbocycles. The van der Waals surface area contributed by atoms with Gasteiger partial charge in [-0.25, -0.2) is 4.79 Å². The molecule has 0 saturated heterocycles. The van der Waals surface area contributed by atoms with Crippen LogP contribution >= 0.6 is 0 Å². The van der Waals surface area contributed by atoms with E-state index in [9.17, 15) is 18.4 Å². The number of methoxy groups -OCH3 is 1. The van der Waals surface area contributed by atoms with E-state index in [1.54, 1.807) is 4.90 Å². The van der Waals surface area contributed by atoms with Crippen LogP contribution in [0.2, 0.25) is 0 Å². The predicted molar refractivity (Wildman–Crippen MR) is 105 cm³/mol. The van der Waals surface area contributed by atoms with Crippen LogP contribution in [0.4, 0.5) is 8.78 Å². The Morgan fingerprint density at radius 2 is 1.90 bits per heavy atom. The van der Waals surface area contributed by atoms with Gasteiger partial charge in [0, 0.05) is 19.2 Å². The summed E-state index contributed by atoms with van der Waals surface area (Å²) in [4.78, 5) is 25.9. The summed E-state index contributed by atoms with van der Waals surface area (Å²) in [6.45, 7) is -2.25. The number of halogens is 2. The Morgan fingerprint density at radius 3 is 2.63 bits per heavy atom. The smallest absolute Gasteiger partial charge is 0.387 e. The zero-order chi connectivity index (χ0) is 21.5. The average molecular weight is 417 g/mol. The summed E-state index contributed by atoms with van der Waals surface area (Å²) in [5.74, 6) is -0.957. The molecule has 30 heavy (non-hydrogen) atoms. The van der Waals surface area contributed by atoms with Crippen LogP contribution in [0.15, 0.2) is 48.5 Å². The highest BCUT2D eigenvalue weighted by atomic mass is 19.3. The van der Waals surface area contributed by atoms with E-state index < -0.39 is 12.6 Å². The van der Waals surface area contributed by atoms with Gasteiger partial charge < -0.3 is 19.1 Å². The monoisotopic (exact) mass is 417 g/mol. The molecule has 0 spiro atoms. The zero-order valence-corrected chi connectivity index (χ0v) is 16.3. The SMILES string of the molecule is COc1cc(/C=C/C(=O)OCC(=O)N2CCc3ccccc3C2)ccc1OC(F)F. The van der Waals surface area contributed by atoms with Crippen LogP contribution in [-0.2, 0) is 27.3 Å². The quantitative estimate of drug-likeness (QED) is 0.510. The lowest BCUT2D eigenvalue weighted by atomic mass is 10.00. The molecule has 2 aromatic rings. The summed E-state index contributed by atoms with van der Waals surface area (Å²) in [5, 5.41) is 0. The van der Waals surface area contributed by atoms with E-state index in [-0.39, 0.29) is 24.0 Å². The number of benzene rings is 2. The van der Waals surface area contributed by atoms with Gasteiger partial charge in [0.2, 0.25) is 0 Å². The minimum atomic E-state index is -2.97. The van der Waals surface area contributed by atoms with Gasteiger partial charge in [0.25, 0.3) is 5.91 Å². The van der Waals surface area contributed by atoms with Crippen LogP contribution in [0.5, 0.6) is 11.5 Å². The number of carbonyl (C=O) groups is 2. The molecule has 0 bridgehead atoms. The van der Waals surface area contributed by atoms with Crippen molar-refractivity contribution in [3.05, 3.63) is 65.2 Å². The minimum absolute atomic E-state index is 0.103. The molecule has 8 heteroatoms. The molecule has 0 atom stereocenters. The Labute approximate surface area is 172 Å². The third kappa shape index (κ3) is 5.56. The lowest BCUT2D eigenvalue weighted by Gasteiger charge is -2.28. The first-order chi connectivity index (χ1) is 14.5. The van der Waals surface area contributed by atoms with E-state index in [1.165, 1.54) is 36.9 Å². The fraction of sp³-hybridized carbons (Fsp3) is 0.273. The Bertz CT molecular complexity index is 945. The molecule has 0 unspecified atom stereocenters. The minimum Gasteiger partial charge on any atom is -0.493 e. The summed E-state index contributed by atoms with van der Waals surface area (Å²) >= 11 is 0. The van der Waals surface area contributed by atoms with Crippen molar-refractivity contribution in [2.24, 2.45) is 0 Å². The van der Waals surface area contributed by atoms with Gasteiger partial charge in [-0.15, -0.1) is 0 Å². The topological polar surface area (TPSA) is 65.1 Å². The van der Waals surface area contributed by atoms with Gasteiger partial charge in [-0.3, -0.25) is 4.79 Å². The maximum Gasteiger partial charge on any atom is 0.387 e. The van der Waals surface area contributed by atoms with Crippen molar-refractivity contribution < 1.29 is 32.6 Å². The standard InChI is InChI=1S/C22H21F2NO5/c1-28-19-12-15(6-8-18(19)30-22(23)24)7-9-21(27)29-14-20(26)25-11-10-16-4-2-3-5-17(16)13-25/h2-9,12,22H,10-11,13-14H2,1H3/b9-7+. The number of hydrogen-bond acceptors (Lipinski definition) is 5. The maximum absolute atomic E-state index is 12.4. The number of hydrogen-bond donors (Lipinski definition) is 0. The highest BCUT2D eigenvalue weighted by Crippen LogP contribution is 2.29. The van der Waals surface area contributed by atoms with E-state index >= 15 is 0 Å². The van der Waals surface area contributed by atoms with Crippen molar-refractivity contribution in [1.82, 2.24) is 4.90 Å². The first-order valence-electron chi connectivity index (χ1n) is 9.28. The number of esters is 1. The molecule has 1 heterocycles. The number of rotatable bonds is 7. The molecule has 0 saturated carbocycles. The molecule has 3 rings (SSSR count). The molecule has 1 aliphatic heterocycles. The summed E-state index contributed by atoms with van der Waals surface area (Å²) in [5.41, 5.74) is 2.84. The van der Waals surface area contributed by atoms with E-state index in [2.05, 4.69) is 4.74 Å². The van der Waals surface area contributed by atoms with Crippen LogP contribution in [0.3, 0.4) is 0 Å². The third-order valence-corrected chi connectivity index (χ3v) is 4.64. The zero-order valence-electron chi connectivity index (χ0n) is 16.3. The summed E-state index contributed by atoms with van der Waals surface area (Å²) < 4.78 is 39.1. The Hall–Kier alpha value is -3.42. The molecular formula is C22H21F2NO5. The molecule has 0 fully saturated rings. The largest absolute Gasteiger partial charge is 0.493 e. The second-order valence-corrected chi connectivity index (χ2v) is 6.56. The van der Waals surface area contributed by atoms with Crippen molar-refractivity contribution in [3.8, 4) is 11.5 Å². The average Bonchev–Trinajstić information content (AvgIpc) is 2.76. The summed E-state index contributed by atoms with van der Waals surface area (Å²) in [6, 6.07) is 12.2. The number of ether oxygens (including phenoxy) is 3. The molecular weight excluding hydrogens is 396 g/mol. The number of alkyl halides is 2. The van der Waals surface area contributed by atoms with Gasteiger partial charge in [-0.05, 0) is 41.3 Å². The van der Waals surface area contributed by atoms with Gasteiger partial charge in [0.05, 0.1) is 7.11 Å². The van der Waals surface area contributed by atoms with Crippen molar-refractivity contribution in [2.45, 2.75) is 19.6 Å². The molecule has 1 aliphatic rings. The second kappa shape index (κ2) is 9.87. The Kier molecular flexibility index (Phi) is 7.00. The lowest BCUT2D eigenvalue weighted by Crippen LogP contribution is -2.38. The van der Waals surface area contributed by atoms with Gasteiger partial charge >= 0.3 is 12.6 Å². The summed E-state index contributed by atoms with van der Waals surface area (Å²) in [7, 11) is 1.32. The van der Waals surface area contributed by atoms with Crippen LogP contribution in [-0.4, -0.2) is 43.6 Å². The fourth-order valence-corrected chi connectivity index (χ4v) is 3.13. The van der Waals surface area contributed by atoms with Crippen LogP contribution < -0.4 is 9.47 Å². The maximum atomic E-state index is 12.4. The fourth-order valence-electron chi connectivity index (χ4n) is 3.13. The number of fused-ring (bicyclic) bond motifs is 1. The molecule has 6 nitrogen and oxygen atoms in total. The number of carbonyl (C=O) groups excluding carboxylic acids is 2. The molecule has 1 amide bonds. The van der Waals surface area contributed by atoms with Crippen molar-refractivity contribution >= 4 is 18.0 Å². The Balaban J connectivity index is 1.52. The van der Waals surface area contributed by atoms with Crippen molar-refractivity contribution in [2.75, 3.05) is 20.3 Å². The first-order valence-corrected chi connectivity index (χ1v) is 9.28. The number of amides is 1. The summed E-state index contributed by atoms with van der Waals surface area (Å²) in [6.07, 6.45) is 3.35. The Morgan fingerprint density at radius 1 is 1.13 bits per heavy atom. The van der Waals surface area contributed by atoms with E-state index in [1.807, 2.05) is 24.3 Å². The van der Waals surface area contributed by atoms with Crippen LogP contribution in [0.25, 0.3) is 6.08 Å². The molecule has 158 valence electrons. The van der Waals surface area contributed by atoms with Crippen LogP contribution in [0.1, 0.15) is 16.7 Å². The second-order valence-electron chi connectivity index (χ2n) is 6.56. The molecule has 0 N–H and O–H groups in total. The third-order valence-electron chi connectivity index (χ3n) is 4.64. The van der Waals surface area contributed by atoms with E-state index in [0.29, 0.717) is 18.7 Å². The highest BCUT2D eigenvalue weighted by molar-refractivity contribution is 5.89. The highest BCUT2D eigenvalue weighted by Gasteiger charge is 2.21.